The van der Waals surface area contributed by atoms with E-state index in [9.17, 15) is 9.59 Å². The smallest absolute Gasteiger partial charge is 0.306 e. The van der Waals surface area contributed by atoms with Crippen molar-refractivity contribution in [3.05, 3.63) is 0 Å². The van der Waals surface area contributed by atoms with Crippen molar-refractivity contribution in [2.45, 2.75) is 136 Å². The van der Waals surface area contributed by atoms with Crippen molar-refractivity contribution in [3.8, 4) is 11.8 Å². The number of esters is 2. The molecular weight excluding hydrogens is 376 g/mol. The van der Waals surface area contributed by atoms with Crippen molar-refractivity contribution in [1.29, 1.82) is 0 Å². The van der Waals surface area contributed by atoms with Crippen LogP contribution in [0.5, 0.6) is 0 Å². The van der Waals surface area contributed by atoms with Crippen LogP contribution in [0.1, 0.15) is 130 Å². The van der Waals surface area contributed by atoms with Gasteiger partial charge >= 0.3 is 11.9 Å². The maximum Gasteiger partial charge on any atom is 0.306 e. The fourth-order valence-electron chi connectivity index (χ4n) is 3.25. The second kappa shape index (κ2) is 22.2. The lowest BCUT2D eigenvalue weighted by molar-refractivity contribution is -0.153. The van der Waals surface area contributed by atoms with Crippen LogP contribution in [0.2, 0.25) is 0 Å². The Kier molecular flexibility index (Phi) is 21.1. The predicted octanol–water partition coefficient (Wildman–Crippen LogP) is 7.14. The molecular formula is C26H46O4. The minimum Gasteiger partial charge on any atom is -0.466 e. The van der Waals surface area contributed by atoms with E-state index in [0.29, 0.717) is 6.61 Å². The molecule has 0 aliphatic carbocycles. The van der Waals surface area contributed by atoms with E-state index in [0.717, 1.165) is 38.5 Å². The van der Waals surface area contributed by atoms with E-state index < -0.39 is 0 Å². The topological polar surface area (TPSA) is 52.6 Å². The summed E-state index contributed by atoms with van der Waals surface area (Å²) in [6.07, 6.45) is 17.1. The van der Waals surface area contributed by atoms with Gasteiger partial charge in [-0.25, -0.2) is 0 Å². The van der Waals surface area contributed by atoms with Gasteiger partial charge in [0, 0.05) is 12.8 Å². The highest BCUT2D eigenvalue weighted by molar-refractivity contribution is 5.77. The van der Waals surface area contributed by atoms with Crippen molar-refractivity contribution >= 4 is 11.9 Å². The number of rotatable bonds is 19. The predicted molar refractivity (Wildman–Crippen MR) is 124 cm³/mol. The van der Waals surface area contributed by atoms with Gasteiger partial charge in [-0.2, -0.15) is 0 Å². The molecule has 1 unspecified atom stereocenters. The lowest BCUT2D eigenvalue weighted by Gasteiger charge is -2.13. The molecule has 0 saturated carbocycles. The Morgan fingerprint density at radius 2 is 1.33 bits per heavy atom. The molecule has 0 aliphatic rings. The maximum absolute atomic E-state index is 11.9. The highest BCUT2D eigenvalue weighted by atomic mass is 16.5. The van der Waals surface area contributed by atoms with Gasteiger partial charge in [-0.05, 0) is 32.6 Å². The molecule has 0 aromatic rings. The summed E-state index contributed by atoms with van der Waals surface area (Å²) in [5, 5.41) is 0. The second-order valence-corrected chi connectivity index (χ2v) is 8.16. The van der Waals surface area contributed by atoms with Gasteiger partial charge in [0.05, 0.1) is 25.6 Å². The Labute approximate surface area is 185 Å². The summed E-state index contributed by atoms with van der Waals surface area (Å²) in [5.41, 5.74) is 0. The average Bonchev–Trinajstić information content (AvgIpc) is 2.73. The van der Waals surface area contributed by atoms with Crippen LogP contribution >= 0.6 is 0 Å². The zero-order chi connectivity index (χ0) is 22.3. The summed E-state index contributed by atoms with van der Waals surface area (Å²) < 4.78 is 10.6. The van der Waals surface area contributed by atoms with Gasteiger partial charge in [-0.3, -0.25) is 9.59 Å². The zero-order valence-corrected chi connectivity index (χ0v) is 19.9. The van der Waals surface area contributed by atoms with Gasteiger partial charge in [0.1, 0.15) is 0 Å². The van der Waals surface area contributed by atoms with Gasteiger partial charge in [0.15, 0.2) is 0 Å². The molecule has 1 atom stereocenters. The van der Waals surface area contributed by atoms with Crippen LogP contribution < -0.4 is 0 Å². The number of ether oxygens (including phenoxy) is 2. The van der Waals surface area contributed by atoms with E-state index in [-0.39, 0.29) is 30.9 Å². The van der Waals surface area contributed by atoms with E-state index >= 15 is 0 Å². The molecule has 0 radical (unpaired) electrons. The van der Waals surface area contributed by atoms with Crippen LogP contribution in [0, 0.1) is 11.8 Å². The van der Waals surface area contributed by atoms with Crippen LogP contribution in [0.3, 0.4) is 0 Å². The minimum atomic E-state index is -0.301. The lowest BCUT2D eigenvalue weighted by atomic mass is 10.1. The lowest BCUT2D eigenvalue weighted by Crippen LogP contribution is -2.16. The van der Waals surface area contributed by atoms with Crippen LogP contribution in [-0.2, 0) is 19.1 Å². The number of carbonyl (C=O) groups is 2. The molecule has 0 amide bonds. The summed E-state index contributed by atoms with van der Waals surface area (Å²) >= 11 is 0. The van der Waals surface area contributed by atoms with Crippen molar-refractivity contribution in [3.63, 3.8) is 0 Å². The molecule has 0 fully saturated rings. The minimum absolute atomic E-state index is 0.0709. The van der Waals surface area contributed by atoms with Crippen LogP contribution in [-0.4, -0.2) is 24.6 Å². The molecule has 4 nitrogen and oxygen atoms in total. The second-order valence-electron chi connectivity index (χ2n) is 8.16. The number of unbranched alkanes of at least 4 members (excludes halogenated alkanes) is 11. The summed E-state index contributed by atoms with van der Waals surface area (Å²) in [6.45, 7) is 6.67. The SMILES string of the molecule is CCC#CCCCCCCCCOC(=O)CCC(=O)OC(C)CCCCCCCC. The Morgan fingerprint density at radius 1 is 0.733 bits per heavy atom. The van der Waals surface area contributed by atoms with E-state index in [2.05, 4.69) is 25.7 Å². The average molecular weight is 423 g/mol. The molecule has 4 heteroatoms. The molecule has 0 heterocycles. The van der Waals surface area contributed by atoms with Gasteiger partial charge in [-0.15, -0.1) is 11.8 Å². The molecule has 30 heavy (non-hydrogen) atoms. The first-order valence-corrected chi connectivity index (χ1v) is 12.4. The van der Waals surface area contributed by atoms with Gasteiger partial charge in [0.2, 0.25) is 0 Å². The molecule has 0 aliphatic heterocycles. The highest BCUT2D eigenvalue weighted by Gasteiger charge is 2.12. The van der Waals surface area contributed by atoms with Crippen molar-refractivity contribution in [2.24, 2.45) is 0 Å². The van der Waals surface area contributed by atoms with Gasteiger partial charge in [-0.1, -0.05) is 71.6 Å². The summed E-state index contributed by atoms with van der Waals surface area (Å²) in [4.78, 5) is 23.6. The standard InChI is InChI=1S/C26H46O4/c1-4-6-8-10-12-13-14-15-17-19-23-29-25(27)21-22-26(28)30-24(3)20-18-16-11-9-7-5-2/h24H,4-5,7,9-23H2,1-3H3. The number of carbonyl (C=O) groups excluding carboxylic acids is 2. The van der Waals surface area contributed by atoms with Gasteiger partial charge in [0.25, 0.3) is 0 Å². The molecule has 0 N–H and O–H groups in total. The fourth-order valence-corrected chi connectivity index (χ4v) is 3.25. The van der Waals surface area contributed by atoms with Crippen molar-refractivity contribution in [1.82, 2.24) is 0 Å². The molecule has 0 rings (SSSR count). The number of hydrogen-bond acceptors (Lipinski definition) is 4. The summed E-state index contributed by atoms with van der Waals surface area (Å²) in [7, 11) is 0. The van der Waals surface area contributed by atoms with Gasteiger partial charge < -0.3 is 9.47 Å². The Morgan fingerprint density at radius 3 is 2.03 bits per heavy atom. The zero-order valence-electron chi connectivity index (χ0n) is 19.9. The fraction of sp³-hybridized carbons (Fsp3) is 0.846. The van der Waals surface area contributed by atoms with E-state index in [1.54, 1.807) is 0 Å². The quantitative estimate of drug-likeness (QED) is 0.126. The first-order valence-electron chi connectivity index (χ1n) is 12.4. The summed E-state index contributed by atoms with van der Waals surface area (Å²) in [6, 6.07) is 0. The van der Waals surface area contributed by atoms with Crippen LogP contribution in [0.15, 0.2) is 0 Å². The third kappa shape index (κ3) is 21.2. The largest absolute Gasteiger partial charge is 0.466 e. The van der Waals surface area contributed by atoms with Crippen molar-refractivity contribution < 1.29 is 19.1 Å². The Balaban J connectivity index is 3.49. The maximum atomic E-state index is 11.9. The van der Waals surface area contributed by atoms with Crippen LogP contribution in [0.4, 0.5) is 0 Å². The van der Waals surface area contributed by atoms with E-state index in [1.165, 1.54) is 57.8 Å². The highest BCUT2D eigenvalue weighted by Crippen LogP contribution is 2.11. The van der Waals surface area contributed by atoms with E-state index in [4.69, 9.17) is 9.47 Å². The summed E-state index contributed by atoms with van der Waals surface area (Å²) in [5.74, 6) is 5.66. The Hall–Kier alpha value is -1.50. The molecule has 0 spiro atoms. The van der Waals surface area contributed by atoms with E-state index in [1.807, 2.05) is 6.92 Å². The molecule has 174 valence electrons. The molecule has 0 aromatic carbocycles. The van der Waals surface area contributed by atoms with Crippen molar-refractivity contribution in [2.75, 3.05) is 6.61 Å². The molecule has 0 saturated heterocycles. The first kappa shape index (κ1) is 28.5. The molecule has 0 aromatic heterocycles. The Bertz CT molecular complexity index is 475. The monoisotopic (exact) mass is 422 g/mol. The third-order valence-electron chi connectivity index (χ3n) is 5.09. The normalized spacial score (nSPS) is 11.4. The third-order valence-corrected chi connectivity index (χ3v) is 5.09. The van der Waals surface area contributed by atoms with Crippen LogP contribution in [0.25, 0.3) is 0 Å². The first-order chi connectivity index (χ1) is 14.6. The molecule has 0 bridgehead atoms. The number of hydrogen-bond donors (Lipinski definition) is 0.